The summed E-state index contributed by atoms with van der Waals surface area (Å²) in [6.45, 7) is 2.11. The second-order valence-electron chi connectivity index (χ2n) is 5.23. The summed E-state index contributed by atoms with van der Waals surface area (Å²) in [4.78, 5) is 23.1. The molecule has 3 atom stereocenters. The highest BCUT2D eigenvalue weighted by molar-refractivity contribution is 5.83. The van der Waals surface area contributed by atoms with Gasteiger partial charge >= 0.3 is 12.0 Å². The van der Waals surface area contributed by atoms with E-state index < -0.39 is 18.0 Å². The molecule has 2 rings (SSSR count). The summed E-state index contributed by atoms with van der Waals surface area (Å²) in [5.74, 6) is -0.568. The minimum atomic E-state index is -1.10. The summed E-state index contributed by atoms with van der Waals surface area (Å²) in [6, 6.07) is -1.34. The van der Waals surface area contributed by atoms with Crippen LogP contribution in [0.15, 0.2) is 12.4 Å². The Balaban J connectivity index is 1.89. The van der Waals surface area contributed by atoms with Crippen molar-refractivity contribution in [2.75, 3.05) is 0 Å². The molecule has 0 radical (unpaired) electrons. The highest BCUT2D eigenvalue weighted by atomic mass is 16.4. The molecule has 2 amide bonds. The van der Waals surface area contributed by atoms with Crippen LogP contribution in [0.5, 0.6) is 0 Å². The van der Waals surface area contributed by atoms with Crippen LogP contribution in [0.3, 0.4) is 0 Å². The third kappa shape index (κ3) is 3.49. The van der Waals surface area contributed by atoms with Gasteiger partial charge in [0, 0.05) is 24.8 Å². The molecule has 1 saturated carbocycles. The maximum Gasteiger partial charge on any atom is 0.331 e. The minimum absolute atomic E-state index is 0.179. The number of hydrogen-bond acceptors (Lipinski definition) is 3. The summed E-state index contributed by atoms with van der Waals surface area (Å²) in [5.41, 5.74) is 0.455. The molecule has 1 fully saturated rings. The van der Waals surface area contributed by atoms with Gasteiger partial charge in [-0.1, -0.05) is 13.3 Å². The first-order chi connectivity index (χ1) is 9.51. The highest BCUT2D eigenvalue weighted by Crippen LogP contribution is 2.34. The molecule has 1 aliphatic carbocycles. The van der Waals surface area contributed by atoms with E-state index in [1.54, 1.807) is 13.2 Å². The lowest BCUT2D eigenvalue weighted by Gasteiger charge is -2.13. The normalized spacial score (nSPS) is 22.1. The van der Waals surface area contributed by atoms with Crippen molar-refractivity contribution in [1.29, 1.82) is 0 Å². The van der Waals surface area contributed by atoms with E-state index in [0.29, 0.717) is 11.5 Å². The molecule has 1 aromatic rings. The van der Waals surface area contributed by atoms with Crippen molar-refractivity contribution in [3.63, 3.8) is 0 Å². The number of hydrogen-bond donors (Lipinski definition) is 3. The van der Waals surface area contributed by atoms with E-state index in [-0.39, 0.29) is 6.04 Å². The van der Waals surface area contributed by atoms with Crippen LogP contribution in [0, 0.1) is 5.92 Å². The van der Waals surface area contributed by atoms with Gasteiger partial charge in [0.15, 0.2) is 6.04 Å². The topological polar surface area (TPSA) is 96.2 Å². The van der Waals surface area contributed by atoms with Gasteiger partial charge in [-0.15, -0.1) is 0 Å². The molecule has 110 valence electrons. The number of aryl methyl sites for hydroxylation is 1. The molecular formula is C13H20N4O3. The Morgan fingerprint density at radius 1 is 1.60 bits per heavy atom. The first-order valence-electron chi connectivity index (χ1n) is 6.79. The summed E-state index contributed by atoms with van der Waals surface area (Å²) < 4.78 is 1.50. The van der Waals surface area contributed by atoms with E-state index in [0.717, 1.165) is 19.3 Å². The molecule has 0 aliphatic heterocycles. The SMILES string of the molecule is CCCC1CC1NC(=O)NC(C(=O)O)c1cnn(C)c1. The Hall–Kier alpha value is -2.05. The molecule has 20 heavy (non-hydrogen) atoms. The van der Waals surface area contributed by atoms with Crippen LogP contribution in [0.25, 0.3) is 0 Å². The number of aliphatic carboxylic acids is 1. The summed E-state index contributed by atoms with van der Waals surface area (Å²) >= 11 is 0. The van der Waals surface area contributed by atoms with Crippen molar-refractivity contribution in [2.45, 2.75) is 38.3 Å². The van der Waals surface area contributed by atoms with E-state index in [1.165, 1.54) is 10.9 Å². The number of urea groups is 1. The van der Waals surface area contributed by atoms with Crippen LogP contribution in [0.1, 0.15) is 37.8 Å². The predicted octanol–water partition coefficient (Wildman–Crippen LogP) is 1.03. The van der Waals surface area contributed by atoms with E-state index >= 15 is 0 Å². The molecule has 7 nitrogen and oxygen atoms in total. The number of rotatable bonds is 6. The van der Waals surface area contributed by atoms with Crippen LogP contribution in [-0.4, -0.2) is 32.9 Å². The molecule has 0 spiro atoms. The average molecular weight is 280 g/mol. The fourth-order valence-corrected chi connectivity index (χ4v) is 2.33. The van der Waals surface area contributed by atoms with E-state index in [2.05, 4.69) is 22.7 Å². The number of carboxylic acids is 1. The predicted molar refractivity (Wildman–Crippen MR) is 72.1 cm³/mol. The van der Waals surface area contributed by atoms with Gasteiger partial charge in [0.25, 0.3) is 0 Å². The lowest BCUT2D eigenvalue weighted by Crippen LogP contribution is -2.42. The molecule has 7 heteroatoms. The van der Waals surface area contributed by atoms with Gasteiger partial charge < -0.3 is 15.7 Å². The first-order valence-corrected chi connectivity index (χ1v) is 6.79. The van der Waals surface area contributed by atoms with Crippen LogP contribution in [0.2, 0.25) is 0 Å². The van der Waals surface area contributed by atoms with Gasteiger partial charge in [-0.25, -0.2) is 9.59 Å². The van der Waals surface area contributed by atoms with Crippen molar-refractivity contribution in [3.05, 3.63) is 18.0 Å². The smallest absolute Gasteiger partial charge is 0.331 e. The number of nitrogens with zero attached hydrogens (tertiary/aromatic N) is 2. The van der Waals surface area contributed by atoms with E-state index in [9.17, 15) is 14.7 Å². The number of carbonyl (C=O) groups is 2. The Labute approximate surface area is 117 Å². The number of nitrogens with one attached hydrogen (secondary N) is 2. The second kappa shape index (κ2) is 5.94. The van der Waals surface area contributed by atoms with Gasteiger partial charge in [-0.05, 0) is 18.8 Å². The molecule has 1 heterocycles. The molecule has 1 aromatic heterocycles. The second-order valence-corrected chi connectivity index (χ2v) is 5.23. The van der Waals surface area contributed by atoms with Gasteiger partial charge in [0.2, 0.25) is 0 Å². The lowest BCUT2D eigenvalue weighted by molar-refractivity contribution is -0.139. The van der Waals surface area contributed by atoms with Crippen molar-refractivity contribution in [3.8, 4) is 0 Å². The van der Waals surface area contributed by atoms with Crippen LogP contribution in [0.4, 0.5) is 4.79 Å². The maximum atomic E-state index is 11.8. The highest BCUT2D eigenvalue weighted by Gasteiger charge is 2.37. The largest absolute Gasteiger partial charge is 0.479 e. The zero-order valence-electron chi connectivity index (χ0n) is 11.7. The lowest BCUT2D eigenvalue weighted by atomic mass is 10.1. The number of aromatic nitrogens is 2. The Kier molecular flexibility index (Phi) is 4.26. The Morgan fingerprint density at radius 3 is 2.90 bits per heavy atom. The average Bonchev–Trinajstić information content (AvgIpc) is 2.94. The maximum absolute atomic E-state index is 11.8. The molecule has 0 saturated heterocycles. The van der Waals surface area contributed by atoms with Crippen molar-refractivity contribution in [2.24, 2.45) is 13.0 Å². The Morgan fingerprint density at radius 2 is 2.35 bits per heavy atom. The van der Waals surface area contributed by atoms with Gasteiger partial charge in [0.1, 0.15) is 0 Å². The van der Waals surface area contributed by atoms with Crippen LogP contribution >= 0.6 is 0 Å². The van der Waals surface area contributed by atoms with E-state index in [4.69, 9.17) is 0 Å². The fraction of sp³-hybridized carbons (Fsp3) is 0.615. The molecular weight excluding hydrogens is 260 g/mol. The van der Waals surface area contributed by atoms with Gasteiger partial charge in [0.05, 0.1) is 6.20 Å². The quantitative estimate of drug-likeness (QED) is 0.725. The number of carboxylic acid groups (broad SMARTS) is 1. The summed E-state index contributed by atoms with van der Waals surface area (Å²) in [5, 5.41) is 18.4. The fourth-order valence-electron chi connectivity index (χ4n) is 2.33. The molecule has 1 aliphatic rings. The Bertz CT molecular complexity index is 500. The summed E-state index contributed by atoms with van der Waals surface area (Å²) in [6.07, 6.45) is 6.19. The molecule has 3 N–H and O–H groups in total. The van der Waals surface area contributed by atoms with Gasteiger partial charge in [-0.2, -0.15) is 5.10 Å². The minimum Gasteiger partial charge on any atom is -0.479 e. The third-order valence-corrected chi connectivity index (χ3v) is 3.48. The van der Waals surface area contributed by atoms with Crippen molar-refractivity contribution >= 4 is 12.0 Å². The molecule has 0 bridgehead atoms. The van der Waals surface area contributed by atoms with Crippen LogP contribution < -0.4 is 10.6 Å². The summed E-state index contributed by atoms with van der Waals surface area (Å²) in [7, 11) is 1.70. The zero-order valence-corrected chi connectivity index (χ0v) is 11.7. The van der Waals surface area contributed by atoms with Crippen molar-refractivity contribution in [1.82, 2.24) is 20.4 Å². The van der Waals surface area contributed by atoms with Gasteiger partial charge in [-0.3, -0.25) is 4.68 Å². The monoisotopic (exact) mass is 280 g/mol. The standard InChI is InChI=1S/C13H20N4O3/c1-3-4-8-5-10(8)15-13(20)16-11(12(18)19)9-6-14-17(2)7-9/h6-8,10-11H,3-5H2,1-2H3,(H,18,19)(H2,15,16,20). The van der Waals surface area contributed by atoms with E-state index in [1.807, 2.05) is 0 Å². The first kappa shape index (κ1) is 14.4. The molecule has 0 aromatic carbocycles. The van der Waals surface area contributed by atoms with Crippen LogP contribution in [-0.2, 0) is 11.8 Å². The number of amides is 2. The number of carbonyl (C=O) groups excluding carboxylic acids is 1. The third-order valence-electron chi connectivity index (χ3n) is 3.48. The van der Waals surface area contributed by atoms with Crippen molar-refractivity contribution < 1.29 is 14.7 Å². The zero-order chi connectivity index (χ0) is 14.7. The molecule has 3 unspecified atom stereocenters.